The van der Waals surface area contributed by atoms with Crippen LogP contribution in [0, 0.1) is 0 Å². The lowest BCUT2D eigenvalue weighted by molar-refractivity contribution is 0.139. The zero-order valence-electron chi connectivity index (χ0n) is 7.81. The van der Waals surface area contributed by atoms with E-state index >= 15 is 0 Å². The monoisotopic (exact) mass is 245 g/mol. The quantitative estimate of drug-likeness (QED) is 0.675. The van der Waals surface area contributed by atoms with Crippen molar-refractivity contribution in [1.82, 2.24) is 9.27 Å². The molecule has 1 aromatic heterocycles. The second kappa shape index (κ2) is 3.80. The van der Waals surface area contributed by atoms with E-state index < -0.39 is 12.3 Å². The molecule has 2 rings (SSSR count). The van der Waals surface area contributed by atoms with E-state index in [4.69, 9.17) is 17.3 Å². The number of fused-ring (bicyclic) bond motifs is 1. The number of carbonyl (C=O) groups is 1. The highest BCUT2D eigenvalue weighted by atomic mass is 35.5. The van der Waals surface area contributed by atoms with E-state index in [9.17, 15) is 4.79 Å². The van der Waals surface area contributed by atoms with Crippen molar-refractivity contribution in [2.24, 2.45) is 5.73 Å². The molecule has 15 heavy (non-hydrogen) atoms. The van der Waals surface area contributed by atoms with Crippen LogP contribution < -0.4 is 15.5 Å². The van der Waals surface area contributed by atoms with Gasteiger partial charge in [-0.15, -0.1) is 0 Å². The molecule has 0 spiro atoms. The minimum atomic E-state index is -0.702. The molecule has 0 saturated carbocycles. The van der Waals surface area contributed by atoms with Gasteiger partial charge in [0.2, 0.25) is 0 Å². The van der Waals surface area contributed by atoms with Gasteiger partial charge in [-0.05, 0) is 11.5 Å². The molecule has 0 radical (unpaired) electrons. The van der Waals surface area contributed by atoms with Crippen LogP contribution in [0.15, 0.2) is 6.20 Å². The topological polar surface area (TPSA) is 68.5 Å². The third kappa shape index (κ3) is 1.60. The molecule has 0 aromatic carbocycles. The van der Waals surface area contributed by atoms with E-state index in [1.54, 1.807) is 12.4 Å². The van der Waals surface area contributed by atoms with Gasteiger partial charge in [0.05, 0.1) is 22.9 Å². The van der Waals surface area contributed by atoms with Crippen molar-refractivity contribution in [2.45, 2.75) is 6.17 Å². The maximum absolute atomic E-state index is 11.4. The van der Waals surface area contributed by atoms with Crippen LogP contribution in [-0.2, 0) is 4.74 Å². The summed E-state index contributed by atoms with van der Waals surface area (Å²) in [5.74, 6) is 0. The molecule has 0 bridgehead atoms. The molecule has 2 heterocycles. The molecular weight excluding hydrogens is 238 g/mol. The minimum Gasteiger partial charge on any atom is -0.452 e. The lowest BCUT2D eigenvalue weighted by Gasteiger charge is -2.25. The summed E-state index contributed by atoms with van der Waals surface area (Å²) in [7, 11) is 1.29. The van der Waals surface area contributed by atoms with Gasteiger partial charge in [0.15, 0.2) is 0 Å². The highest BCUT2D eigenvalue weighted by molar-refractivity contribution is 7.04. The predicted octanol–water partition coefficient (Wildman–Crippen LogP) is -0.405. The first-order valence-electron chi connectivity index (χ1n) is 4.09. The third-order valence-electron chi connectivity index (χ3n) is 2.04. The number of ether oxygens (including phenoxy) is 1. The van der Waals surface area contributed by atoms with Gasteiger partial charge in [-0.2, -0.15) is 4.37 Å². The number of methoxy groups -OCH3 is 1. The Morgan fingerprint density at radius 1 is 1.80 bits per heavy atom. The van der Waals surface area contributed by atoms with Crippen molar-refractivity contribution in [3.8, 4) is 0 Å². The van der Waals surface area contributed by atoms with E-state index in [2.05, 4.69) is 9.11 Å². The number of rotatable bonds is 0. The van der Waals surface area contributed by atoms with Crippen molar-refractivity contribution < 1.29 is 9.53 Å². The maximum Gasteiger partial charge on any atom is 0.415 e. The lowest BCUT2D eigenvalue weighted by Crippen LogP contribution is -2.49. The average Bonchev–Trinajstić information content (AvgIpc) is 2.70. The first kappa shape index (κ1) is 10.4. The largest absolute Gasteiger partial charge is 0.452 e. The molecule has 2 N–H and O–H groups in total. The Labute approximate surface area is 94.6 Å². The van der Waals surface area contributed by atoms with Gasteiger partial charge in [-0.1, -0.05) is 11.6 Å². The molecule has 1 aromatic rings. The highest BCUT2D eigenvalue weighted by Crippen LogP contribution is 2.14. The van der Waals surface area contributed by atoms with Crippen molar-refractivity contribution in [3.63, 3.8) is 0 Å². The molecule has 1 unspecified atom stereocenters. The second-order valence-electron chi connectivity index (χ2n) is 2.91. The lowest BCUT2D eigenvalue weighted by atomic mass is 10.3. The van der Waals surface area contributed by atoms with E-state index in [0.29, 0.717) is 5.03 Å². The number of nitrogens with two attached hydrogens (primary N) is 1. The normalized spacial score (nSPS) is 19.5. The zero-order chi connectivity index (χ0) is 11.0. The average molecular weight is 246 g/mol. The Balaban J connectivity index is 2.57. The van der Waals surface area contributed by atoms with Crippen LogP contribution in [0.4, 0.5) is 4.79 Å². The van der Waals surface area contributed by atoms with Crippen molar-refractivity contribution in [3.05, 3.63) is 15.9 Å². The molecule has 1 atom stereocenters. The Kier molecular flexibility index (Phi) is 2.64. The summed E-state index contributed by atoms with van der Waals surface area (Å²) in [6, 6.07) is 0. The highest BCUT2D eigenvalue weighted by Gasteiger charge is 2.25. The standard InChI is InChI=1S/C8H8ClN3O2S/c1-14-8(13)12-3-4-2-11-15-6(4)5(9)7(12)10/h2-3,7H,10H2,1H3. The molecule has 80 valence electrons. The Bertz CT molecular complexity index is 512. The van der Waals surface area contributed by atoms with Crippen LogP contribution >= 0.6 is 23.1 Å². The second-order valence-corrected chi connectivity index (χ2v) is 4.12. The minimum absolute atomic E-state index is 0.403. The molecule has 0 saturated heterocycles. The number of hydrogen-bond acceptors (Lipinski definition) is 5. The predicted molar refractivity (Wildman–Crippen MR) is 57.3 cm³/mol. The third-order valence-corrected chi connectivity index (χ3v) is 3.41. The summed E-state index contributed by atoms with van der Waals surface area (Å²) in [5, 5.41) is 1.18. The van der Waals surface area contributed by atoms with Crippen LogP contribution in [-0.4, -0.2) is 28.6 Å². The van der Waals surface area contributed by atoms with Crippen molar-refractivity contribution >= 4 is 40.5 Å². The van der Waals surface area contributed by atoms with Gasteiger partial charge in [-0.25, -0.2) is 4.79 Å². The number of aromatic nitrogens is 1. The molecular formula is C8H8ClN3O2S. The van der Waals surface area contributed by atoms with Gasteiger partial charge in [0.25, 0.3) is 0 Å². The Hall–Kier alpha value is -1.11. The van der Waals surface area contributed by atoms with Crippen LogP contribution in [0.25, 0.3) is 11.2 Å². The molecule has 1 aliphatic rings. The SMILES string of the molecule is COC(=O)N1C=c2cnsc2=C(Cl)C1N. The van der Waals surface area contributed by atoms with E-state index in [-0.39, 0.29) is 0 Å². The number of nitrogens with zero attached hydrogens (tertiary/aromatic N) is 2. The first-order chi connectivity index (χ1) is 7.15. The van der Waals surface area contributed by atoms with Crippen LogP contribution in [0.3, 0.4) is 0 Å². The van der Waals surface area contributed by atoms with Gasteiger partial charge in [-0.3, -0.25) is 4.90 Å². The Morgan fingerprint density at radius 2 is 2.53 bits per heavy atom. The summed E-state index contributed by atoms with van der Waals surface area (Å²) < 4.78 is 9.36. The summed E-state index contributed by atoms with van der Waals surface area (Å²) in [5.41, 5.74) is 5.78. The molecule has 1 aliphatic heterocycles. The molecule has 7 heteroatoms. The first-order valence-corrected chi connectivity index (χ1v) is 5.24. The fraction of sp³-hybridized carbons (Fsp3) is 0.250. The summed E-state index contributed by atoms with van der Waals surface area (Å²) in [6.07, 6.45) is 1.97. The number of carbonyl (C=O) groups excluding carboxylic acids is 1. The maximum atomic E-state index is 11.4. The summed E-state index contributed by atoms with van der Waals surface area (Å²) in [4.78, 5) is 12.6. The van der Waals surface area contributed by atoms with Gasteiger partial charge in [0, 0.05) is 11.4 Å². The van der Waals surface area contributed by atoms with E-state index in [1.807, 2.05) is 0 Å². The fourth-order valence-electron chi connectivity index (χ4n) is 1.28. The number of halogens is 1. The van der Waals surface area contributed by atoms with E-state index in [0.717, 1.165) is 9.75 Å². The molecule has 0 fully saturated rings. The van der Waals surface area contributed by atoms with Crippen LogP contribution in [0.1, 0.15) is 0 Å². The van der Waals surface area contributed by atoms with Crippen molar-refractivity contribution in [1.29, 1.82) is 0 Å². The van der Waals surface area contributed by atoms with Gasteiger partial charge in [0.1, 0.15) is 6.17 Å². The number of amides is 1. The summed E-state index contributed by atoms with van der Waals surface area (Å²) >= 11 is 7.28. The fourth-order valence-corrected chi connectivity index (χ4v) is 2.29. The Morgan fingerprint density at radius 3 is 3.20 bits per heavy atom. The summed E-state index contributed by atoms with van der Waals surface area (Å²) in [6.45, 7) is 0. The zero-order valence-corrected chi connectivity index (χ0v) is 9.38. The van der Waals surface area contributed by atoms with Crippen molar-refractivity contribution in [2.75, 3.05) is 7.11 Å². The van der Waals surface area contributed by atoms with Gasteiger partial charge < -0.3 is 10.5 Å². The van der Waals surface area contributed by atoms with Crippen LogP contribution in [0.5, 0.6) is 0 Å². The van der Waals surface area contributed by atoms with E-state index in [1.165, 1.54) is 23.5 Å². The molecule has 0 aliphatic carbocycles. The van der Waals surface area contributed by atoms with Gasteiger partial charge >= 0.3 is 6.09 Å². The smallest absolute Gasteiger partial charge is 0.415 e. The molecule has 5 nitrogen and oxygen atoms in total. The van der Waals surface area contributed by atoms with Crippen LogP contribution in [0.2, 0.25) is 0 Å². The molecule has 1 amide bonds. The number of hydrogen-bond donors (Lipinski definition) is 1.